The van der Waals surface area contributed by atoms with E-state index in [9.17, 15) is 4.79 Å². The zero-order chi connectivity index (χ0) is 15.6. The van der Waals surface area contributed by atoms with E-state index in [0.717, 1.165) is 30.6 Å². The van der Waals surface area contributed by atoms with Gasteiger partial charge in [0.05, 0.1) is 6.20 Å². The molecule has 2 aliphatic rings. The van der Waals surface area contributed by atoms with Gasteiger partial charge in [-0.25, -0.2) is 0 Å². The molecular weight excluding hydrogens is 290 g/mol. The number of amides is 1. The van der Waals surface area contributed by atoms with E-state index in [1.54, 1.807) is 18.6 Å². The van der Waals surface area contributed by atoms with Crippen LogP contribution in [0, 0.1) is 11.8 Å². The van der Waals surface area contributed by atoms with Crippen LogP contribution in [0.3, 0.4) is 0 Å². The summed E-state index contributed by atoms with van der Waals surface area (Å²) >= 11 is 0. The number of hydrogen-bond acceptors (Lipinski definition) is 4. The van der Waals surface area contributed by atoms with Crippen molar-refractivity contribution >= 4 is 5.91 Å². The Hall–Kier alpha value is -2.21. The molecule has 2 fully saturated rings. The van der Waals surface area contributed by atoms with E-state index < -0.39 is 0 Å². The smallest absolute Gasteiger partial charge is 0.270 e. The SMILES string of the molecule is O=C(NC1CC1C1CCCNC1)c1[nH]ncc1-c1ccncc1. The summed E-state index contributed by atoms with van der Waals surface area (Å²) in [4.78, 5) is 16.6. The highest BCUT2D eigenvalue weighted by atomic mass is 16.2. The second-order valence-corrected chi connectivity index (χ2v) is 6.48. The average Bonchev–Trinajstić information content (AvgIpc) is 3.19. The fourth-order valence-corrected chi connectivity index (χ4v) is 3.60. The number of aromatic amines is 1. The van der Waals surface area contributed by atoms with Crippen molar-refractivity contribution in [1.82, 2.24) is 25.8 Å². The van der Waals surface area contributed by atoms with Gasteiger partial charge in [-0.15, -0.1) is 0 Å². The van der Waals surface area contributed by atoms with Gasteiger partial charge in [0, 0.05) is 24.0 Å². The van der Waals surface area contributed by atoms with Gasteiger partial charge in [0.2, 0.25) is 0 Å². The first-order chi connectivity index (χ1) is 11.3. The van der Waals surface area contributed by atoms with Crippen LogP contribution in [0.2, 0.25) is 0 Å². The Morgan fingerprint density at radius 2 is 2.17 bits per heavy atom. The van der Waals surface area contributed by atoms with Crippen molar-refractivity contribution in [1.29, 1.82) is 0 Å². The highest BCUT2D eigenvalue weighted by Gasteiger charge is 2.44. The number of aromatic nitrogens is 3. The van der Waals surface area contributed by atoms with Gasteiger partial charge < -0.3 is 10.6 Å². The number of pyridine rings is 1. The normalized spacial score (nSPS) is 26.7. The monoisotopic (exact) mass is 311 g/mol. The van der Waals surface area contributed by atoms with Gasteiger partial charge in [0.1, 0.15) is 5.69 Å². The molecule has 0 aromatic carbocycles. The molecule has 0 bridgehead atoms. The lowest BCUT2D eigenvalue weighted by Gasteiger charge is -2.22. The van der Waals surface area contributed by atoms with E-state index in [4.69, 9.17) is 0 Å². The van der Waals surface area contributed by atoms with Crippen LogP contribution in [0.15, 0.2) is 30.7 Å². The predicted octanol–water partition coefficient (Wildman–Crippen LogP) is 1.59. The third-order valence-electron chi connectivity index (χ3n) is 4.95. The van der Waals surface area contributed by atoms with Crippen LogP contribution in [-0.2, 0) is 0 Å². The van der Waals surface area contributed by atoms with Crippen LogP contribution >= 0.6 is 0 Å². The molecule has 2 aromatic heterocycles. The Kier molecular flexibility index (Phi) is 3.83. The first-order valence-electron chi connectivity index (χ1n) is 8.28. The molecule has 1 saturated heterocycles. The number of H-pyrrole nitrogens is 1. The van der Waals surface area contributed by atoms with Gasteiger partial charge in [-0.1, -0.05) is 0 Å². The fourth-order valence-electron chi connectivity index (χ4n) is 3.60. The number of carbonyl (C=O) groups excluding carboxylic acids is 1. The van der Waals surface area contributed by atoms with Crippen LogP contribution in [0.4, 0.5) is 0 Å². The molecule has 0 spiro atoms. The van der Waals surface area contributed by atoms with E-state index in [0.29, 0.717) is 23.6 Å². The van der Waals surface area contributed by atoms with Crippen molar-refractivity contribution in [2.24, 2.45) is 11.8 Å². The molecule has 1 aliphatic carbocycles. The fraction of sp³-hybridized carbons (Fsp3) is 0.471. The minimum atomic E-state index is -0.0643. The number of nitrogens with zero attached hydrogens (tertiary/aromatic N) is 2. The highest BCUT2D eigenvalue weighted by molar-refractivity contribution is 5.99. The first kappa shape index (κ1) is 14.4. The Bertz CT molecular complexity index is 677. The van der Waals surface area contributed by atoms with Crippen LogP contribution in [-0.4, -0.2) is 40.2 Å². The molecule has 6 nitrogen and oxygen atoms in total. The molecular formula is C17H21N5O. The summed E-state index contributed by atoms with van der Waals surface area (Å²) in [6, 6.07) is 4.07. The number of rotatable bonds is 4. The molecule has 4 rings (SSSR count). The quantitative estimate of drug-likeness (QED) is 0.801. The maximum absolute atomic E-state index is 12.6. The summed E-state index contributed by atoms with van der Waals surface area (Å²) in [6.07, 6.45) is 8.75. The second kappa shape index (κ2) is 6.12. The maximum atomic E-state index is 12.6. The number of nitrogens with one attached hydrogen (secondary N) is 3. The minimum absolute atomic E-state index is 0.0643. The molecule has 6 heteroatoms. The third kappa shape index (κ3) is 2.99. The molecule has 3 N–H and O–H groups in total. The molecule has 23 heavy (non-hydrogen) atoms. The zero-order valence-electron chi connectivity index (χ0n) is 13.0. The van der Waals surface area contributed by atoms with E-state index in [-0.39, 0.29) is 5.91 Å². The van der Waals surface area contributed by atoms with Gasteiger partial charge in [-0.05, 0) is 61.9 Å². The van der Waals surface area contributed by atoms with Gasteiger partial charge in [0.25, 0.3) is 5.91 Å². The van der Waals surface area contributed by atoms with E-state index in [1.807, 2.05) is 12.1 Å². The largest absolute Gasteiger partial charge is 0.348 e. The lowest BCUT2D eigenvalue weighted by atomic mass is 9.94. The van der Waals surface area contributed by atoms with Gasteiger partial charge in [-0.2, -0.15) is 5.10 Å². The summed E-state index contributed by atoms with van der Waals surface area (Å²) in [5.41, 5.74) is 2.30. The summed E-state index contributed by atoms with van der Waals surface area (Å²) in [5.74, 6) is 1.26. The van der Waals surface area contributed by atoms with Crippen LogP contribution in [0.5, 0.6) is 0 Å². The summed E-state index contributed by atoms with van der Waals surface area (Å²) in [5, 5.41) is 13.5. The molecule has 3 unspecified atom stereocenters. The van der Waals surface area contributed by atoms with Crippen LogP contribution < -0.4 is 10.6 Å². The highest BCUT2D eigenvalue weighted by Crippen LogP contribution is 2.40. The van der Waals surface area contributed by atoms with Crippen LogP contribution in [0.1, 0.15) is 29.8 Å². The standard InChI is InChI=1S/C17H21N5O/c23-17(21-15-8-13(15)12-2-1-5-19-9-12)16-14(10-20-22-16)11-3-6-18-7-4-11/h3-4,6-7,10,12-13,15,19H,1-2,5,8-9H2,(H,20,22)(H,21,23). The average molecular weight is 311 g/mol. The van der Waals surface area contributed by atoms with Crippen molar-refractivity contribution in [2.75, 3.05) is 13.1 Å². The molecule has 3 atom stereocenters. The number of piperidine rings is 1. The van der Waals surface area contributed by atoms with Crippen LogP contribution in [0.25, 0.3) is 11.1 Å². The maximum Gasteiger partial charge on any atom is 0.270 e. The molecule has 0 radical (unpaired) electrons. The molecule has 1 aliphatic heterocycles. The zero-order valence-corrected chi connectivity index (χ0v) is 13.0. The number of carbonyl (C=O) groups is 1. The van der Waals surface area contributed by atoms with Crippen molar-refractivity contribution < 1.29 is 4.79 Å². The molecule has 3 heterocycles. The van der Waals surface area contributed by atoms with Gasteiger partial charge in [0.15, 0.2) is 0 Å². The molecule has 1 amide bonds. The van der Waals surface area contributed by atoms with Gasteiger partial charge >= 0.3 is 0 Å². The van der Waals surface area contributed by atoms with Crippen molar-refractivity contribution in [3.63, 3.8) is 0 Å². The van der Waals surface area contributed by atoms with Crippen molar-refractivity contribution in [2.45, 2.75) is 25.3 Å². The first-order valence-corrected chi connectivity index (χ1v) is 8.28. The summed E-state index contributed by atoms with van der Waals surface area (Å²) < 4.78 is 0. The number of hydrogen-bond donors (Lipinski definition) is 3. The van der Waals surface area contributed by atoms with E-state index in [1.165, 1.54) is 12.8 Å². The molecule has 1 saturated carbocycles. The van der Waals surface area contributed by atoms with Gasteiger partial charge in [-0.3, -0.25) is 14.9 Å². The Morgan fingerprint density at radius 1 is 1.30 bits per heavy atom. The predicted molar refractivity (Wildman–Crippen MR) is 86.8 cm³/mol. The Labute approximate surface area is 135 Å². The Balaban J connectivity index is 1.42. The van der Waals surface area contributed by atoms with E-state index >= 15 is 0 Å². The van der Waals surface area contributed by atoms with Crippen molar-refractivity contribution in [3.8, 4) is 11.1 Å². The third-order valence-corrected chi connectivity index (χ3v) is 4.95. The Morgan fingerprint density at radius 3 is 2.96 bits per heavy atom. The molecule has 120 valence electrons. The lowest BCUT2D eigenvalue weighted by molar-refractivity contribution is 0.0942. The summed E-state index contributed by atoms with van der Waals surface area (Å²) in [6.45, 7) is 2.22. The lowest BCUT2D eigenvalue weighted by Crippen LogP contribution is -2.34. The minimum Gasteiger partial charge on any atom is -0.348 e. The van der Waals surface area contributed by atoms with E-state index in [2.05, 4.69) is 25.8 Å². The topological polar surface area (TPSA) is 82.7 Å². The second-order valence-electron chi connectivity index (χ2n) is 6.48. The van der Waals surface area contributed by atoms with Crippen molar-refractivity contribution in [3.05, 3.63) is 36.4 Å². The molecule has 2 aromatic rings. The summed E-state index contributed by atoms with van der Waals surface area (Å²) in [7, 11) is 0.